The number of aliphatic carboxylic acids is 1. The van der Waals surface area contributed by atoms with Gasteiger partial charge < -0.3 is 15.2 Å². The van der Waals surface area contributed by atoms with E-state index < -0.39 is 18.2 Å². The molecule has 1 saturated heterocycles. The van der Waals surface area contributed by atoms with Crippen LogP contribution in [0.15, 0.2) is 24.4 Å². The minimum absolute atomic E-state index is 0.126. The lowest BCUT2D eigenvalue weighted by Gasteiger charge is -2.26. The van der Waals surface area contributed by atoms with E-state index in [4.69, 9.17) is 9.72 Å². The van der Waals surface area contributed by atoms with Gasteiger partial charge in [0.05, 0.1) is 7.11 Å². The van der Waals surface area contributed by atoms with Crippen molar-refractivity contribution in [2.75, 3.05) is 32.1 Å². The van der Waals surface area contributed by atoms with Gasteiger partial charge in [-0.1, -0.05) is 12.5 Å². The molecule has 36 heavy (non-hydrogen) atoms. The summed E-state index contributed by atoms with van der Waals surface area (Å²) in [5, 5.41) is 13.4. The lowest BCUT2D eigenvalue weighted by atomic mass is 9.97. The number of fused-ring (bicyclic) bond motifs is 1. The van der Waals surface area contributed by atoms with Crippen LogP contribution < -0.4 is 10.1 Å². The second-order valence-corrected chi connectivity index (χ2v) is 10.5. The van der Waals surface area contributed by atoms with E-state index in [1.165, 1.54) is 0 Å². The first kappa shape index (κ1) is 24.9. The topological polar surface area (TPSA) is 87.6 Å². The number of hydrogen-bond donors (Lipinski definition) is 2. The minimum atomic E-state index is -0.922. The molecule has 2 aliphatic heterocycles. The van der Waals surface area contributed by atoms with Crippen molar-refractivity contribution < 1.29 is 19.0 Å². The van der Waals surface area contributed by atoms with Crippen molar-refractivity contribution in [1.29, 1.82) is 0 Å². The van der Waals surface area contributed by atoms with E-state index in [-0.39, 0.29) is 5.92 Å². The van der Waals surface area contributed by atoms with Crippen LogP contribution in [0.4, 0.5) is 10.2 Å². The van der Waals surface area contributed by atoms with Gasteiger partial charge >= 0.3 is 5.97 Å². The number of rotatable bonds is 11. The molecule has 0 aromatic carbocycles. The first-order valence-electron chi connectivity index (χ1n) is 13.4. The van der Waals surface area contributed by atoms with Crippen LogP contribution >= 0.6 is 0 Å². The highest BCUT2D eigenvalue weighted by Gasteiger charge is 2.39. The van der Waals surface area contributed by atoms with Crippen LogP contribution in [0.1, 0.15) is 79.4 Å². The summed E-state index contributed by atoms with van der Waals surface area (Å²) >= 11 is 0. The highest BCUT2D eigenvalue weighted by molar-refractivity contribution is 5.76. The fourth-order valence-corrected chi connectivity index (χ4v) is 5.84. The molecule has 194 valence electrons. The van der Waals surface area contributed by atoms with E-state index in [0.29, 0.717) is 31.8 Å². The minimum Gasteiger partial charge on any atom is -0.496 e. The average molecular weight is 497 g/mol. The molecule has 0 unspecified atom stereocenters. The van der Waals surface area contributed by atoms with Crippen molar-refractivity contribution in [2.24, 2.45) is 5.92 Å². The summed E-state index contributed by atoms with van der Waals surface area (Å²) in [6.07, 6.45) is 8.64. The molecule has 2 fully saturated rings. The van der Waals surface area contributed by atoms with E-state index in [2.05, 4.69) is 10.3 Å². The van der Waals surface area contributed by atoms with Crippen LogP contribution in [0.3, 0.4) is 0 Å². The van der Waals surface area contributed by atoms with Crippen LogP contribution in [0.2, 0.25) is 0 Å². The Labute approximate surface area is 212 Å². The zero-order chi connectivity index (χ0) is 25.1. The number of nitrogens with zero attached hydrogens (tertiary/aromatic N) is 3. The summed E-state index contributed by atoms with van der Waals surface area (Å²) in [5.74, 6) is 1.19. The summed E-state index contributed by atoms with van der Waals surface area (Å²) in [4.78, 5) is 23.5. The molecule has 5 rings (SSSR count). The molecule has 8 heteroatoms. The molecule has 1 aliphatic carbocycles. The van der Waals surface area contributed by atoms with Crippen LogP contribution in [0, 0.1) is 5.92 Å². The number of hydrogen-bond acceptors (Lipinski definition) is 6. The number of halogens is 1. The van der Waals surface area contributed by atoms with E-state index in [0.717, 1.165) is 85.6 Å². The molecule has 0 spiro atoms. The standard InChI is InChI=1S/C28H37FN4O3/c1-36-24-16-20(32-27-21(24)7-4-14-31-27)6-2-3-9-23(29)19-12-15-33(17-19)26(28(34)35)22-8-5-13-30-25(22)18-10-11-18/h5,8,13,16,18-19,23,26H,2-4,6-7,9-12,14-15,17H2,1H3,(H,31,32)(H,34,35)/t19-,23-,26+/m1/s1. The number of carbonyl (C=O) groups is 1. The van der Waals surface area contributed by atoms with Crippen LogP contribution in [-0.2, 0) is 17.6 Å². The summed E-state index contributed by atoms with van der Waals surface area (Å²) in [6.45, 7) is 2.01. The number of aryl methyl sites for hydroxylation is 1. The smallest absolute Gasteiger partial charge is 0.325 e. The van der Waals surface area contributed by atoms with Crippen molar-refractivity contribution >= 4 is 11.8 Å². The predicted molar refractivity (Wildman–Crippen MR) is 136 cm³/mol. The molecule has 2 aromatic heterocycles. The number of methoxy groups -OCH3 is 1. The summed E-state index contributed by atoms with van der Waals surface area (Å²) in [7, 11) is 1.70. The molecular formula is C28H37FN4O3. The Kier molecular flexibility index (Phi) is 7.70. The van der Waals surface area contributed by atoms with E-state index in [1.54, 1.807) is 13.3 Å². The van der Waals surface area contributed by atoms with Crippen molar-refractivity contribution in [2.45, 2.75) is 75.9 Å². The number of carboxylic acid groups (broad SMARTS) is 1. The number of carboxylic acids is 1. The van der Waals surface area contributed by atoms with Gasteiger partial charge in [-0.2, -0.15) is 0 Å². The molecule has 0 bridgehead atoms. The maximum atomic E-state index is 15.2. The van der Waals surface area contributed by atoms with Gasteiger partial charge in [-0.05, 0) is 64.0 Å². The van der Waals surface area contributed by atoms with E-state index in [9.17, 15) is 9.90 Å². The van der Waals surface area contributed by atoms with Gasteiger partial charge in [0.2, 0.25) is 0 Å². The maximum absolute atomic E-state index is 15.2. The number of alkyl halides is 1. The van der Waals surface area contributed by atoms with Gasteiger partial charge in [0.15, 0.2) is 0 Å². The predicted octanol–water partition coefficient (Wildman–Crippen LogP) is 4.92. The monoisotopic (exact) mass is 496 g/mol. The SMILES string of the molecule is COc1cc(CCCC[C@@H](F)[C@@H]2CCN([C@H](C(=O)O)c3cccnc3C3CC3)C2)nc2c1CCCN2. The quantitative estimate of drug-likeness (QED) is 0.427. The Balaban J connectivity index is 1.13. The lowest BCUT2D eigenvalue weighted by Crippen LogP contribution is -2.34. The first-order valence-corrected chi connectivity index (χ1v) is 13.4. The number of pyridine rings is 2. The normalized spacial score (nSPS) is 21.4. The molecule has 0 radical (unpaired) electrons. The number of aromatic nitrogens is 2. The molecule has 2 aromatic rings. The maximum Gasteiger partial charge on any atom is 0.325 e. The molecular weight excluding hydrogens is 459 g/mol. The number of ether oxygens (including phenoxy) is 1. The lowest BCUT2D eigenvalue weighted by molar-refractivity contribution is -0.143. The number of unbranched alkanes of at least 4 members (excludes halogenated alkanes) is 1. The van der Waals surface area contributed by atoms with Gasteiger partial charge in [-0.3, -0.25) is 14.7 Å². The van der Waals surface area contributed by atoms with Crippen molar-refractivity contribution in [3.05, 3.63) is 46.9 Å². The van der Waals surface area contributed by atoms with Gasteiger partial charge in [-0.25, -0.2) is 9.37 Å². The Morgan fingerprint density at radius 2 is 2.19 bits per heavy atom. The fourth-order valence-electron chi connectivity index (χ4n) is 5.84. The third kappa shape index (κ3) is 5.48. The average Bonchev–Trinajstić information content (AvgIpc) is 3.63. The third-order valence-electron chi connectivity index (χ3n) is 7.91. The van der Waals surface area contributed by atoms with Crippen molar-refractivity contribution in [3.8, 4) is 5.75 Å². The van der Waals surface area contributed by atoms with Crippen molar-refractivity contribution in [3.63, 3.8) is 0 Å². The van der Waals surface area contributed by atoms with E-state index in [1.807, 2.05) is 23.1 Å². The largest absolute Gasteiger partial charge is 0.496 e. The highest BCUT2D eigenvalue weighted by Crippen LogP contribution is 2.43. The molecule has 4 heterocycles. The molecule has 3 atom stereocenters. The third-order valence-corrected chi connectivity index (χ3v) is 7.91. The van der Waals surface area contributed by atoms with Gasteiger partial charge in [0.1, 0.15) is 23.8 Å². The Bertz CT molecular complexity index is 1060. The van der Waals surface area contributed by atoms with Crippen molar-refractivity contribution in [1.82, 2.24) is 14.9 Å². The number of anilines is 1. The highest BCUT2D eigenvalue weighted by atomic mass is 19.1. The fraction of sp³-hybridized carbons (Fsp3) is 0.607. The summed E-state index contributed by atoms with van der Waals surface area (Å²) in [6, 6.07) is 4.98. The summed E-state index contributed by atoms with van der Waals surface area (Å²) < 4.78 is 20.8. The molecule has 1 saturated carbocycles. The zero-order valence-corrected chi connectivity index (χ0v) is 21.1. The van der Waals surface area contributed by atoms with Gasteiger partial charge in [-0.15, -0.1) is 0 Å². The Morgan fingerprint density at radius 3 is 2.97 bits per heavy atom. The van der Waals surface area contributed by atoms with E-state index >= 15 is 4.39 Å². The molecule has 7 nitrogen and oxygen atoms in total. The molecule has 2 N–H and O–H groups in total. The number of likely N-dealkylation sites (tertiary alicyclic amines) is 1. The molecule has 3 aliphatic rings. The first-order chi connectivity index (χ1) is 17.5. The van der Waals surface area contributed by atoms with Gasteiger partial charge in [0.25, 0.3) is 0 Å². The Morgan fingerprint density at radius 1 is 1.33 bits per heavy atom. The second kappa shape index (κ2) is 11.1. The number of nitrogens with one attached hydrogen (secondary N) is 1. The van der Waals surface area contributed by atoms with Crippen LogP contribution in [0.5, 0.6) is 5.75 Å². The molecule has 0 amide bonds. The summed E-state index contributed by atoms with van der Waals surface area (Å²) in [5.41, 5.74) is 3.82. The Hall–Kier alpha value is -2.74. The van der Waals surface area contributed by atoms with Crippen LogP contribution in [-0.4, -0.2) is 58.9 Å². The second-order valence-electron chi connectivity index (χ2n) is 10.5. The van der Waals surface area contributed by atoms with Gasteiger partial charge in [0, 0.05) is 59.7 Å². The zero-order valence-electron chi connectivity index (χ0n) is 21.1. The van der Waals surface area contributed by atoms with Crippen LogP contribution in [0.25, 0.3) is 0 Å².